The number of hydrogen-bond donors (Lipinski definition) is 0. The summed E-state index contributed by atoms with van der Waals surface area (Å²) < 4.78 is 2.39. The van der Waals surface area contributed by atoms with Gasteiger partial charge < -0.3 is 9.47 Å². The Bertz CT molecular complexity index is 2640. The predicted molar refractivity (Wildman–Crippen MR) is 213 cm³/mol. The van der Waals surface area contributed by atoms with E-state index in [1.54, 1.807) is 0 Å². The average Bonchev–Trinajstić information content (AvgIpc) is 3.70. The minimum absolute atomic E-state index is 0.476. The molecule has 0 N–H and O–H groups in total. The first-order chi connectivity index (χ1) is 25.3. The fraction of sp³-hybridized carbons (Fsp3) is 0.0204. The second-order valence-corrected chi connectivity index (χ2v) is 13.3. The van der Waals surface area contributed by atoms with Gasteiger partial charge in [-0.25, -0.2) is 0 Å². The lowest BCUT2D eigenvalue weighted by molar-refractivity contribution is 0.768. The number of benzene rings is 8. The summed E-state index contributed by atoms with van der Waals surface area (Å²) >= 11 is 0. The molecule has 8 aromatic carbocycles. The molecule has 0 bridgehead atoms. The molecule has 0 radical (unpaired) electrons. The van der Waals surface area contributed by atoms with Crippen molar-refractivity contribution >= 4 is 38.9 Å². The van der Waals surface area contributed by atoms with Crippen LogP contribution in [0.15, 0.2) is 206 Å². The Labute approximate surface area is 298 Å². The monoisotopic (exact) mass is 650 g/mol. The number of rotatable bonds is 6. The minimum atomic E-state index is -0.476. The van der Waals surface area contributed by atoms with E-state index in [-0.39, 0.29) is 0 Å². The van der Waals surface area contributed by atoms with Crippen LogP contribution in [0.25, 0.3) is 38.6 Å². The number of hydrogen-bond acceptors (Lipinski definition) is 1. The zero-order chi connectivity index (χ0) is 33.8. The van der Waals surface area contributed by atoms with Crippen LogP contribution in [0.3, 0.4) is 0 Å². The Kier molecular flexibility index (Phi) is 6.75. The van der Waals surface area contributed by atoms with Gasteiger partial charge in [-0.1, -0.05) is 152 Å². The molecule has 9 aromatic rings. The second kappa shape index (κ2) is 11.8. The maximum Gasteiger partial charge on any atom is 0.0714 e. The summed E-state index contributed by atoms with van der Waals surface area (Å²) in [6, 6.07) is 75.2. The molecule has 51 heavy (non-hydrogen) atoms. The van der Waals surface area contributed by atoms with E-state index in [9.17, 15) is 0 Å². The molecule has 0 amide bonds. The van der Waals surface area contributed by atoms with Crippen molar-refractivity contribution < 1.29 is 0 Å². The maximum absolute atomic E-state index is 2.41. The van der Waals surface area contributed by atoms with Crippen molar-refractivity contribution in [2.24, 2.45) is 0 Å². The highest BCUT2D eigenvalue weighted by Crippen LogP contribution is 2.56. The van der Waals surface area contributed by atoms with Gasteiger partial charge in [0.05, 0.1) is 16.4 Å². The van der Waals surface area contributed by atoms with Gasteiger partial charge in [0.15, 0.2) is 0 Å². The van der Waals surface area contributed by atoms with E-state index in [0.29, 0.717) is 0 Å². The third kappa shape index (κ3) is 4.43. The summed E-state index contributed by atoms with van der Waals surface area (Å²) in [5, 5.41) is 2.49. The molecule has 1 aliphatic rings. The van der Waals surface area contributed by atoms with E-state index >= 15 is 0 Å². The van der Waals surface area contributed by atoms with Crippen LogP contribution in [0.2, 0.25) is 0 Å². The van der Waals surface area contributed by atoms with Gasteiger partial charge in [-0.05, 0) is 88.0 Å². The van der Waals surface area contributed by atoms with Crippen LogP contribution in [0.1, 0.15) is 22.3 Å². The van der Waals surface area contributed by atoms with Crippen LogP contribution < -0.4 is 4.90 Å². The molecule has 10 rings (SSSR count). The summed E-state index contributed by atoms with van der Waals surface area (Å²) in [5.74, 6) is 0. The van der Waals surface area contributed by atoms with E-state index < -0.39 is 5.41 Å². The maximum atomic E-state index is 2.41. The molecule has 0 unspecified atom stereocenters. The average molecular weight is 651 g/mol. The van der Waals surface area contributed by atoms with Crippen molar-refractivity contribution in [1.82, 2.24) is 4.57 Å². The number of para-hydroxylation sites is 3. The first-order valence-corrected chi connectivity index (χ1v) is 17.6. The van der Waals surface area contributed by atoms with Gasteiger partial charge >= 0.3 is 0 Å². The van der Waals surface area contributed by atoms with Gasteiger partial charge in [0.2, 0.25) is 0 Å². The molecule has 0 atom stereocenters. The van der Waals surface area contributed by atoms with Crippen LogP contribution in [-0.2, 0) is 5.41 Å². The van der Waals surface area contributed by atoms with Crippen molar-refractivity contribution in [2.75, 3.05) is 4.90 Å². The van der Waals surface area contributed by atoms with Crippen molar-refractivity contribution in [1.29, 1.82) is 0 Å². The highest BCUT2D eigenvalue weighted by molar-refractivity contribution is 6.10. The molecule has 2 nitrogen and oxygen atoms in total. The fourth-order valence-corrected chi connectivity index (χ4v) is 8.57. The summed E-state index contributed by atoms with van der Waals surface area (Å²) in [6.45, 7) is 0. The van der Waals surface area contributed by atoms with Gasteiger partial charge in [0.25, 0.3) is 0 Å². The zero-order valence-corrected chi connectivity index (χ0v) is 28.0. The number of aromatic nitrogens is 1. The summed E-state index contributed by atoms with van der Waals surface area (Å²) in [7, 11) is 0. The minimum Gasteiger partial charge on any atom is -0.310 e. The highest BCUT2D eigenvalue weighted by atomic mass is 15.1. The smallest absolute Gasteiger partial charge is 0.0714 e. The van der Waals surface area contributed by atoms with Crippen LogP contribution in [0.4, 0.5) is 17.1 Å². The topological polar surface area (TPSA) is 8.17 Å². The van der Waals surface area contributed by atoms with E-state index in [1.165, 1.54) is 55.2 Å². The molecule has 0 spiro atoms. The number of anilines is 3. The number of fused-ring (bicyclic) bond motifs is 6. The Morgan fingerprint density at radius 3 is 1.61 bits per heavy atom. The molecule has 1 aromatic heterocycles. The molecular weight excluding hydrogens is 617 g/mol. The Morgan fingerprint density at radius 1 is 0.353 bits per heavy atom. The first kappa shape index (κ1) is 29.3. The summed E-state index contributed by atoms with van der Waals surface area (Å²) in [5.41, 5.74) is 14.1. The molecular formula is C49H34N2. The van der Waals surface area contributed by atoms with Gasteiger partial charge in [0, 0.05) is 33.5 Å². The zero-order valence-electron chi connectivity index (χ0n) is 28.0. The fourth-order valence-electron chi connectivity index (χ4n) is 8.57. The van der Waals surface area contributed by atoms with Crippen LogP contribution in [-0.4, -0.2) is 4.57 Å². The normalized spacial score (nSPS) is 12.9. The van der Waals surface area contributed by atoms with E-state index in [4.69, 9.17) is 0 Å². The Hall–Kier alpha value is -6.64. The SMILES string of the molecule is c1ccc(N(c2cccc(C3(c4ccccc4)c4ccccc4-c4ccccc43)c2)c2ccc3c4ccccc4n(-c4ccccc4)c3c2)cc1. The van der Waals surface area contributed by atoms with E-state index in [2.05, 4.69) is 216 Å². The third-order valence-corrected chi connectivity index (χ3v) is 10.6. The largest absolute Gasteiger partial charge is 0.310 e. The lowest BCUT2D eigenvalue weighted by Gasteiger charge is -2.35. The highest BCUT2D eigenvalue weighted by Gasteiger charge is 2.46. The molecule has 0 fully saturated rings. The second-order valence-electron chi connectivity index (χ2n) is 13.3. The van der Waals surface area contributed by atoms with Crippen LogP contribution in [0.5, 0.6) is 0 Å². The standard InChI is InChI=1S/C49H34N2/c1-4-17-35(18-5-1)49(45-28-13-10-25-41(45)42-26-11-14-29-46(42)49)36-19-16-24-39(33-36)50(37-20-6-2-7-21-37)40-31-32-44-43-27-12-15-30-47(43)51(48(44)34-40)38-22-8-3-9-23-38/h1-34H. The van der Waals surface area contributed by atoms with Crippen LogP contribution in [0, 0.1) is 0 Å². The molecule has 0 saturated carbocycles. The molecule has 0 aliphatic heterocycles. The van der Waals surface area contributed by atoms with Crippen LogP contribution >= 0.6 is 0 Å². The van der Waals surface area contributed by atoms with Gasteiger partial charge in [-0.15, -0.1) is 0 Å². The Morgan fingerprint density at radius 2 is 0.882 bits per heavy atom. The quantitative estimate of drug-likeness (QED) is 0.174. The molecule has 2 heteroatoms. The Balaban J connectivity index is 1.23. The van der Waals surface area contributed by atoms with Crippen molar-refractivity contribution in [2.45, 2.75) is 5.41 Å². The molecule has 240 valence electrons. The van der Waals surface area contributed by atoms with E-state index in [0.717, 1.165) is 22.7 Å². The van der Waals surface area contributed by atoms with Crippen molar-refractivity contribution in [3.05, 3.63) is 229 Å². The lowest BCUT2D eigenvalue weighted by Crippen LogP contribution is -2.28. The van der Waals surface area contributed by atoms with Gasteiger partial charge in [-0.3, -0.25) is 0 Å². The summed E-state index contributed by atoms with van der Waals surface area (Å²) in [4.78, 5) is 2.40. The van der Waals surface area contributed by atoms with Crippen molar-refractivity contribution in [3.8, 4) is 16.8 Å². The third-order valence-electron chi connectivity index (χ3n) is 10.6. The number of nitrogens with zero attached hydrogens (tertiary/aromatic N) is 2. The van der Waals surface area contributed by atoms with Gasteiger partial charge in [0.1, 0.15) is 0 Å². The van der Waals surface area contributed by atoms with Crippen molar-refractivity contribution in [3.63, 3.8) is 0 Å². The molecule has 0 saturated heterocycles. The summed E-state index contributed by atoms with van der Waals surface area (Å²) in [6.07, 6.45) is 0. The predicted octanol–water partition coefficient (Wildman–Crippen LogP) is 12.6. The first-order valence-electron chi connectivity index (χ1n) is 17.6. The van der Waals surface area contributed by atoms with Gasteiger partial charge in [-0.2, -0.15) is 0 Å². The van der Waals surface area contributed by atoms with E-state index in [1.807, 2.05) is 0 Å². The molecule has 1 aliphatic carbocycles. The molecule has 1 heterocycles. The lowest BCUT2D eigenvalue weighted by atomic mass is 9.67.